The molecule has 0 fully saturated rings. The van der Waals surface area contributed by atoms with E-state index in [1.54, 1.807) is 7.05 Å². The molecular formula is C13H27N3O3. The van der Waals surface area contributed by atoms with E-state index in [9.17, 15) is 9.59 Å². The van der Waals surface area contributed by atoms with E-state index in [4.69, 9.17) is 5.11 Å². The summed E-state index contributed by atoms with van der Waals surface area (Å²) in [6, 6.07) is -0.155. The smallest absolute Gasteiger partial charge is 0.317 e. The molecule has 0 spiro atoms. The number of nitrogens with one attached hydrogen (secondary N) is 1. The Bertz CT molecular complexity index is 304. The van der Waals surface area contributed by atoms with Crippen LogP contribution in [0.1, 0.15) is 26.7 Å². The lowest BCUT2D eigenvalue weighted by atomic mass is 9.93. The summed E-state index contributed by atoms with van der Waals surface area (Å²) in [5, 5.41) is 11.4. The van der Waals surface area contributed by atoms with Crippen LogP contribution in [0, 0.1) is 5.41 Å². The second-order valence-electron chi connectivity index (χ2n) is 5.98. The monoisotopic (exact) mass is 273 g/mol. The molecule has 2 amide bonds. The molecule has 0 bridgehead atoms. The second-order valence-corrected chi connectivity index (χ2v) is 5.98. The molecule has 0 saturated heterocycles. The largest absolute Gasteiger partial charge is 0.481 e. The van der Waals surface area contributed by atoms with Crippen molar-refractivity contribution in [2.75, 3.05) is 40.8 Å². The minimum absolute atomic E-state index is 0.00106. The maximum absolute atomic E-state index is 11.8. The molecule has 0 atom stereocenters. The van der Waals surface area contributed by atoms with E-state index in [1.165, 1.54) is 4.90 Å². The number of urea groups is 1. The molecule has 0 rings (SSSR count). The van der Waals surface area contributed by atoms with Crippen molar-refractivity contribution in [3.63, 3.8) is 0 Å². The van der Waals surface area contributed by atoms with Crippen molar-refractivity contribution >= 4 is 12.0 Å². The molecule has 0 aromatic carbocycles. The van der Waals surface area contributed by atoms with Crippen LogP contribution in [-0.4, -0.2) is 67.7 Å². The molecular weight excluding hydrogens is 246 g/mol. The Hall–Kier alpha value is -1.30. The fraction of sp³-hybridized carbons (Fsp3) is 0.846. The SMILES string of the molecule is CN(C)CC(C)(C)CNC(=O)N(C)CCCC(=O)O. The van der Waals surface area contributed by atoms with Crippen molar-refractivity contribution in [3.8, 4) is 0 Å². The molecule has 6 heteroatoms. The Morgan fingerprint density at radius 2 is 1.79 bits per heavy atom. The van der Waals surface area contributed by atoms with Crippen LogP contribution in [-0.2, 0) is 4.79 Å². The molecule has 0 aliphatic carbocycles. The van der Waals surface area contributed by atoms with Crippen molar-refractivity contribution in [2.24, 2.45) is 5.41 Å². The van der Waals surface area contributed by atoms with Gasteiger partial charge in [0.1, 0.15) is 0 Å². The van der Waals surface area contributed by atoms with Gasteiger partial charge in [-0.25, -0.2) is 4.79 Å². The van der Waals surface area contributed by atoms with E-state index in [0.29, 0.717) is 19.5 Å². The Kier molecular flexibility index (Phi) is 7.44. The van der Waals surface area contributed by atoms with Crippen LogP contribution >= 0.6 is 0 Å². The number of hydrogen-bond acceptors (Lipinski definition) is 3. The number of hydrogen-bond donors (Lipinski definition) is 2. The third-order valence-corrected chi connectivity index (χ3v) is 2.69. The van der Waals surface area contributed by atoms with Gasteiger partial charge in [0, 0.05) is 33.1 Å². The predicted molar refractivity (Wildman–Crippen MR) is 75.2 cm³/mol. The number of carboxylic acid groups (broad SMARTS) is 1. The van der Waals surface area contributed by atoms with Gasteiger partial charge in [0.2, 0.25) is 0 Å². The molecule has 6 nitrogen and oxygen atoms in total. The molecule has 0 aliphatic rings. The van der Waals surface area contributed by atoms with Crippen LogP contribution in [0.4, 0.5) is 4.79 Å². The summed E-state index contributed by atoms with van der Waals surface area (Å²) >= 11 is 0. The van der Waals surface area contributed by atoms with E-state index < -0.39 is 5.97 Å². The van der Waals surface area contributed by atoms with E-state index in [0.717, 1.165) is 6.54 Å². The fourth-order valence-corrected chi connectivity index (χ4v) is 1.93. The standard InChI is InChI=1S/C13H27N3O3/c1-13(2,10-15(3)4)9-14-12(19)16(5)8-6-7-11(17)18/h6-10H2,1-5H3,(H,14,19)(H,17,18). The highest BCUT2D eigenvalue weighted by atomic mass is 16.4. The summed E-state index contributed by atoms with van der Waals surface area (Å²) in [5.41, 5.74) is 0.00106. The van der Waals surface area contributed by atoms with Crippen LogP contribution < -0.4 is 5.32 Å². The number of carbonyl (C=O) groups excluding carboxylic acids is 1. The lowest BCUT2D eigenvalue weighted by molar-refractivity contribution is -0.137. The van der Waals surface area contributed by atoms with Gasteiger partial charge in [-0.1, -0.05) is 13.8 Å². The third-order valence-electron chi connectivity index (χ3n) is 2.69. The van der Waals surface area contributed by atoms with E-state index >= 15 is 0 Å². The van der Waals surface area contributed by atoms with Crippen molar-refractivity contribution in [1.29, 1.82) is 0 Å². The maximum Gasteiger partial charge on any atom is 0.317 e. The molecule has 19 heavy (non-hydrogen) atoms. The average Bonchev–Trinajstić information content (AvgIpc) is 2.23. The Morgan fingerprint density at radius 3 is 2.26 bits per heavy atom. The number of nitrogens with zero attached hydrogens (tertiary/aromatic N) is 2. The van der Waals surface area contributed by atoms with Crippen LogP contribution in [0.15, 0.2) is 0 Å². The summed E-state index contributed by atoms with van der Waals surface area (Å²) in [7, 11) is 5.68. The average molecular weight is 273 g/mol. The van der Waals surface area contributed by atoms with Gasteiger partial charge in [-0.05, 0) is 25.9 Å². The molecule has 0 heterocycles. The minimum atomic E-state index is -0.832. The zero-order chi connectivity index (χ0) is 15.1. The van der Waals surface area contributed by atoms with Gasteiger partial charge in [0.05, 0.1) is 0 Å². The first-order valence-electron chi connectivity index (χ1n) is 6.49. The molecule has 0 unspecified atom stereocenters. The Balaban J connectivity index is 3.99. The number of aliphatic carboxylic acids is 1. The second kappa shape index (κ2) is 7.99. The third kappa shape index (κ3) is 9.30. The first-order valence-corrected chi connectivity index (χ1v) is 6.49. The lowest BCUT2D eigenvalue weighted by Crippen LogP contribution is -2.44. The van der Waals surface area contributed by atoms with Crippen LogP contribution in [0.25, 0.3) is 0 Å². The number of carbonyl (C=O) groups is 2. The molecule has 0 aromatic rings. The maximum atomic E-state index is 11.8. The van der Waals surface area contributed by atoms with E-state index in [1.807, 2.05) is 14.1 Å². The summed E-state index contributed by atoms with van der Waals surface area (Å²) in [6.45, 7) is 6.12. The first-order chi connectivity index (χ1) is 8.64. The van der Waals surface area contributed by atoms with Crippen molar-refractivity contribution in [3.05, 3.63) is 0 Å². The highest BCUT2D eigenvalue weighted by molar-refractivity contribution is 5.74. The minimum Gasteiger partial charge on any atom is -0.481 e. The normalized spacial score (nSPS) is 11.5. The molecule has 0 aliphatic heterocycles. The molecule has 0 saturated carbocycles. The summed E-state index contributed by atoms with van der Waals surface area (Å²) < 4.78 is 0. The van der Waals surface area contributed by atoms with Crippen molar-refractivity contribution in [1.82, 2.24) is 15.1 Å². The van der Waals surface area contributed by atoms with Crippen LogP contribution in [0.3, 0.4) is 0 Å². The number of amides is 2. The zero-order valence-electron chi connectivity index (χ0n) is 12.7. The van der Waals surface area contributed by atoms with Gasteiger partial charge >= 0.3 is 12.0 Å². The Labute approximate surface area is 115 Å². The number of carboxylic acids is 1. The molecule has 112 valence electrons. The summed E-state index contributed by atoms with van der Waals surface area (Å²) in [4.78, 5) is 25.8. The van der Waals surface area contributed by atoms with Gasteiger partial charge < -0.3 is 20.2 Å². The number of rotatable bonds is 8. The van der Waals surface area contributed by atoms with Gasteiger partial charge in [-0.15, -0.1) is 0 Å². The van der Waals surface area contributed by atoms with Gasteiger partial charge in [0.15, 0.2) is 0 Å². The van der Waals surface area contributed by atoms with Gasteiger partial charge in [-0.3, -0.25) is 4.79 Å². The quantitative estimate of drug-likeness (QED) is 0.694. The van der Waals surface area contributed by atoms with Gasteiger partial charge in [0.25, 0.3) is 0 Å². The van der Waals surface area contributed by atoms with E-state index in [-0.39, 0.29) is 17.9 Å². The van der Waals surface area contributed by atoms with E-state index in [2.05, 4.69) is 24.1 Å². The molecule has 2 N–H and O–H groups in total. The Morgan fingerprint density at radius 1 is 1.21 bits per heavy atom. The highest BCUT2D eigenvalue weighted by Gasteiger charge is 2.20. The summed E-state index contributed by atoms with van der Waals surface area (Å²) in [6.07, 6.45) is 0.560. The van der Waals surface area contributed by atoms with Crippen LogP contribution in [0.5, 0.6) is 0 Å². The zero-order valence-corrected chi connectivity index (χ0v) is 12.7. The van der Waals surface area contributed by atoms with Gasteiger partial charge in [-0.2, -0.15) is 0 Å². The predicted octanol–water partition coefficient (Wildman–Crippen LogP) is 1.08. The molecule has 0 radical (unpaired) electrons. The topological polar surface area (TPSA) is 72.9 Å². The van der Waals surface area contributed by atoms with Crippen LogP contribution in [0.2, 0.25) is 0 Å². The van der Waals surface area contributed by atoms with Crippen molar-refractivity contribution in [2.45, 2.75) is 26.7 Å². The molecule has 0 aromatic heterocycles. The highest BCUT2D eigenvalue weighted by Crippen LogP contribution is 2.14. The summed E-state index contributed by atoms with van der Waals surface area (Å²) in [5.74, 6) is -0.832. The first kappa shape index (κ1) is 17.7. The fourth-order valence-electron chi connectivity index (χ4n) is 1.93. The van der Waals surface area contributed by atoms with Crippen molar-refractivity contribution < 1.29 is 14.7 Å². The lowest BCUT2D eigenvalue weighted by Gasteiger charge is -2.29.